The molecule has 2 aromatic rings. The Hall–Kier alpha value is -1.81. The molecule has 0 aliphatic heterocycles. The van der Waals surface area contributed by atoms with Crippen molar-refractivity contribution in [3.8, 4) is 11.5 Å². The fraction of sp³-hybridized carbons (Fsp3) is 0.357. The van der Waals surface area contributed by atoms with Crippen molar-refractivity contribution in [2.24, 2.45) is 5.73 Å². The first-order chi connectivity index (χ1) is 8.56. The molecule has 1 atom stereocenters. The standard InChI is InChI=1S/C14H18N2O2/c1-8-5-11(9(2)15)16-12-7-14(18-4)13(17-3)6-10(8)12/h5-7,9H,15H2,1-4H3. The number of fused-ring (bicyclic) bond motifs is 1. The lowest BCUT2D eigenvalue weighted by Crippen LogP contribution is -2.08. The van der Waals surface area contributed by atoms with Gasteiger partial charge in [0.25, 0.3) is 0 Å². The molecule has 4 heteroatoms. The van der Waals surface area contributed by atoms with E-state index in [0.29, 0.717) is 11.5 Å². The van der Waals surface area contributed by atoms with Crippen LogP contribution in [0.1, 0.15) is 24.2 Å². The van der Waals surface area contributed by atoms with Crippen LogP contribution in [-0.4, -0.2) is 19.2 Å². The largest absolute Gasteiger partial charge is 0.493 e. The number of hydrogen-bond donors (Lipinski definition) is 1. The summed E-state index contributed by atoms with van der Waals surface area (Å²) in [6.07, 6.45) is 0. The van der Waals surface area contributed by atoms with Gasteiger partial charge in [0.2, 0.25) is 0 Å². The van der Waals surface area contributed by atoms with Gasteiger partial charge in [0, 0.05) is 17.5 Å². The molecule has 0 bridgehead atoms. The summed E-state index contributed by atoms with van der Waals surface area (Å²) in [7, 11) is 3.24. The van der Waals surface area contributed by atoms with E-state index in [1.54, 1.807) is 14.2 Å². The minimum Gasteiger partial charge on any atom is -0.493 e. The number of ether oxygens (including phenoxy) is 2. The Balaban J connectivity index is 2.72. The maximum absolute atomic E-state index is 5.88. The number of aryl methyl sites for hydroxylation is 1. The lowest BCUT2D eigenvalue weighted by atomic mass is 10.1. The quantitative estimate of drug-likeness (QED) is 0.904. The second-order valence-electron chi connectivity index (χ2n) is 4.38. The van der Waals surface area contributed by atoms with Gasteiger partial charge in [-0.1, -0.05) is 0 Å². The minimum atomic E-state index is -0.0822. The monoisotopic (exact) mass is 246 g/mol. The lowest BCUT2D eigenvalue weighted by molar-refractivity contribution is 0.355. The van der Waals surface area contributed by atoms with Crippen LogP contribution < -0.4 is 15.2 Å². The van der Waals surface area contributed by atoms with E-state index in [1.165, 1.54) is 0 Å². The van der Waals surface area contributed by atoms with E-state index in [-0.39, 0.29) is 6.04 Å². The Morgan fingerprint density at radius 2 is 1.72 bits per heavy atom. The van der Waals surface area contributed by atoms with E-state index in [0.717, 1.165) is 22.2 Å². The Kier molecular flexibility index (Phi) is 3.39. The second-order valence-corrected chi connectivity index (χ2v) is 4.38. The summed E-state index contributed by atoms with van der Waals surface area (Å²) in [4.78, 5) is 4.56. The molecule has 18 heavy (non-hydrogen) atoms. The number of methoxy groups -OCH3 is 2. The zero-order valence-electron chi connectivity index (χ0n) is 11.2. The SMILES string of the molecule is COc1cc2nc(C(C)N)cc(C)c2cc1OC. The van der Waals surface area contributed by atoms with Crippen molar-refractivity contribution in [2.75, 3.05) is 14.2 Å². The first kappa shape index (κ1) is 12.6. The second kappa shape index (κ2) is 4.82. The van der Waals surface area contributed by atoms with Crippen molar-refractivity contribution in [3.05, 3.63) is 29.5 Å². The fourth-order valence-corrected chi connectivity index (χ4v) is 1.98. The molecule has 1 aromatic carbocycles. The molecule has 2 N–H and O–H groups in total. The summed E-state index contributed by atoms with van der Waals surface area (Å²) < 4.78 is 10.6. The van der Waals surface area contributed by atoms with Crippen LogP contribution >= 0.6 is 0 Å². The first-order valence-electron chi connectivity index (χ1n) is 5.85. The van der Waals surface area contributed by atoms with Gasteiger partial charge in [0.1, 0.15) is 0 Å². The summed E-state index contributed by atoms with van der Waals surface area (Å²) in [5, 5.41) is 1.05. The van der Waals surface area contributed by atoms with Crippen LogP contribution in [0.4, 0.5) is 0 Å². The summed E-state index contributed by atoms with van der Waals surface area (Å²) in [6, 6.07) is 5.76. The van der Waals surface area contributed by atoms with Gasteiger partial charge in [0.05, 0.1) is 25.4 Å². The van der Waals surface area contributed by atoms with E-state index < -0.39 is 0 Å². The van der Waals surface area contributed by atoms with Crippen LogP contribution in [0.25, 0.3) is 10.9 Å². The van der Waals surface area contributed by atoms with Gasteiger partial charge >= 0.3 is 0 Å². The van der Waals surface area contributed by atoms with Gasteiger partial charge in [0.15, 0.2) is 11.5 Å². The van der Waals surface area contributed by atoms with E-state index in [9.17, 15) is 0 Å². The molecule has 0 saturated heterocycles. The average molecular weight is 246 g/mol. The summed E-state index contributed by atoms with van der Waals surface area (Å²) in [6.45, 7) is 3.97. The van der Waals surface area contributed by atoms with Gasteiger partial charge < -0.3 is 15.2 Å². The first-order valence-corrected chi connectivity index (χ1v) is 5.85. The minimum absolute atomic E-state index is 0.0822. The molecular formula is C14H18N2O2. The Bertz CT molecular complexity index is 580. The molecule has 0 aliphatic carbocycles. The topological polar surface area (TPSA) is 57.4 Å². The predicted molar refractivity (Wildman–Crippen MR) is 72.2 cm³/mol. The van der Waals surface area contributed by atoms with E-state index in [1.807, 2.05) is 32.0 Å². The molecule has 0 spiro atoms. The third kappa shape index (κ3) is 2.11. The molecule has 4 nitrogen and oxygen atoms in total. The summed E-state index contributed by atoms with van der Waals surface area (Å²) in [5.74, 6) is 1.39. The van der Waals surface area contributed by atoms with Crippen LogP contribution in [-0.2, 0) is 0 Å². The molecule has 96 valence electrons. The molecule has 2 rings (SSSR count). The predicted octanol–water partition coefficient (Wildman–Crippen LogP) is 2.58. The third-order valence-corrected chi connectivity index (χ3v) is 3.01. The molecule has 0 radical (unpaired) electrons. The summed E-state index contributed by atoms with van der Waals surface area (Å²) in [5.41, 5.74) is 8.77. The highest BCUT2D eigenvalue weighted by atomic mass is 16.5. The summed E-state index contributed by atoms with van der Waals surface area (Å²) >= 11 is 0. The van der Waals surface area contributed by atoms with Gasteiger partial charge in [-0.25, -0.2) is 0 Å². The maximum atomic E-state index is 5.88. The number of nitrogens with zero attached hydrogens (tertiary/aromatic N) is 1. The molecule has 0 amide bonds. The van der Waals surface area contributed by atoms with Crippen molar-refractivity contribution in [1.29, 1.82) is 0 Å². The normalized spacial score (nSPS) is 12.5. The van der Waals surface area contributed by atoms with E-state index >= 15 is 0 Å². The van der Waals surface area contributed by atoms with Gasteiger partial charge in [-0.3, -0.25) is 4.98 Å². The highest BCUT2D eigenvalue weighted by molar-refractivity contribution is 5.85. The Morgan fingerprint density at radius 1 is 1.11 bits per heavy atom. The third-order valence-electron chi connectivity index (χ3n) is 3.01. The number of pyridine rings is 1. The molecule has 1 aromatic heterocycles. The number of aromatic nitrogens is 1. The van der Waals surface area contributed by atoms with Gasteiger partial charge in [-0.05, 0) is 31.5 Å². The number of rotatable bonds is 3. The van der Waals surface area contributed by atoms with Crippen molar-refractivity contribution in [2.45, 2.75) is 19.9 Å². The zero-order valence-corrected chi connectivity index (χ0v) is 11.2. The van der Waals surface area contributed by atoms with Crippen LogP contribution in [0.5, 0.6) is 11.5 Å². The molecule has 0 saturated carbocycles. The average Bonchev–Trinajstić information content (AvgIpc) is 2.36. The molecule has 0 aliphatic rings. The van der Waals surface area contributed by atoms with Crippen LogP contribution in [0, 0.1) is 6.92 Å². The number of benzene rings is 1. The number of nitrogens with two attached hydrogens (primary N) is 1. The molecule has 1 unspecified atom stereocenters. The highest BCUT2D eigenvalue weighted by Crippen LogP contribution is 2.33. The Morgan fingerprint density at radius 3 is 2.28 bits per heavy atom. The van der Waals surface area contributed by atoms with Gasteiger partial charge in [-0.2, -0.15) is 0 Å². The molecular weight excluding hydrogens is 228 g/mol. The Labute approximate surface area is 107 Å². The van der Waals surface area contributed by atoms with Crippen molar-refractivity contribution in [3.63, 3.8) is 0 Å². The fourth-order valence-electron chi connectivity index (χ4n) is 1.98. The molecule has 0 fully saturated rings. The van der Waals surface area contributed by atoms with Crippen LogP contribution in [0.2, 0.25) is 0 Å². The zero-order chi connectivity index (χ0) is 13.3. The smallest absolute Gasteiger partial charge is 0.162 e. The highest BCUT2D eigenvalue weighted by Gasteiger charge is 2.11. The van der Waals surface area contributed by atoms with E-state index in [2.05, 4.69) is 4.98 Å². The van der Waals surface area contributed by atoms with Crippen LogP contribution in [0.15, 0.2) is 18.2 Å². The molecule has 1 heterocycles. The van der Waals surface area contributed by atoms with E-state index in [4.69, 9.17) is 15.2 Å². The van der Waals surface area contributed by atoms with Gasteiger partial charge in [-0.15, -0.1) is 0 Å². The van der Waals surface area contributed by atoms with Crippen molar-refractivity contribution < 1.29 is 9.47 Å². The van der Waals surface area contributed by atoms with Crippen molar-refractivity contribution in [1.82, 2.24) is 4.98 Å². The lowest BCUT2D eigenvalue weighted by Gasteiger charge is -2.12. The number of hydrogen-bond acceptors (Lipinski definition) is 4. The van der Waals surface area contributed by atoms with Crippen LogP contribution in [0.3, 0.4) is 0 Å². The van der Waals surface area contributed by atoms with Crippen molar-refractivity contribution >= 4 is 10.9 Å². The maximum Gasteiger partial charge on any atom is 0.162 e.